The summed E-state index contributed by atoms with van der Waals surface area (Å²) in [6.45, 7) is 7.24. The van der Waals surface area contributed by atoms with E-state index in [1.54, 1.807) is 18.3 Å². The van der Waals surface area contributed by atoms with Crippen molar-refractivity contribution < 1.29 is 13.6 Å². The molecule has 2 bridgehead atoms. The van der Waals surface area contributed by atoms with Crippen molar-refractivity contribution in [3.05, 3.63) is 75.6 Å². The molecular formula is C23H14Cl2F2N6O. The van der Waals surface area contributed by atoms with Crippen molar-refractivity contribution in [2.24, 2.45) is 0 Å². The van der Waals surface area contributed by atoms with Gasteiger partial charge >= 0.3 is 0 Å². The van der Waals surface area contributed by atoms with Gasteiger partial charge in [-0.1, -0.05) is 23.2 Å². The largest absolute Gasteiger partial charge is 0.346 e. The topological polar surface area (TPSA) is 79.4 Å². The quantitative estimate of drug-likeness (QED) is 0.374. The second kappa shape index (κ2) is 7.01. The first-order valence-electron chi connectivity index (χ1n) is 10.3. The summed E-state index contributed by atoms with van der Waals surface area (Å²) in [4.78, 5) is 20.9. The Morgan fingerprint density at radius 3 is 2.65 bits per heavy atom. The fraction of sp³-hybridized carbons (Fsp3) is 0.217. The van der Waals surface area contributed by atoms with Crippen molar-refractivity contribution in [2.75, 3.05) is 0 Å². The van der Waals surface area contributed by atoms with Crippen LogP contribution in [0.5, 0.6) is 0 Å². The maximum absolute atomic E-state index is 15.0. The third-order valence-corrected chi connectivity index (χ3v) is 7.27. The summed E-state index contributed by atoms with van der Waals surface area (Å²) >= 11 is 12.7. The van der Waals surface area contributed by atoms with E-state index in [0.717, 1.165) is 12.1 Å². The van der Waals surface area contributed by atoms with Crippen LogP contribution < -0.4 is 5.32 Å². The number of fused-ring (bicyclic) bond motifs is 1. The van der Waals surface area contributed by atoms with Gasteiger partial charge in [0.05, 0.1) is 11.7 Å². The lowest BCUT2D eigenvalue weighted by Gasteiger charge is -2.61. The number of halogens is 4. The molecule has 3 saturated carbocycles. The Balaban J connectivity index is 1.40. The molecular weight excluding hydrogens is 485 g/mol. The summed E-state index contributed by atoms with van der Waals surface area (Å²) in [7, 11) is 0. The lowest BCUT2D eigenvalue weighted by atomic mass is 9.44. The van der Waals surface area contributed by atoms with Crippen molar-refractivity contribution in [2.45, 2.75) is 30.3 Å². The summed E-state index contributed by atoms with van der Waals surface area (Å²) in [6.07, 6.45) is 4.92. The number of amides is 1. The zero-order chi connectivity index (χ0) is 23.8. The molecule has 7 rings (SSSR count). The molecule has 3 aromatic heterocycles. The van der Waals surface area contributed by atoms with Crippen LogP contribution in [0.15, 0.2) is 36.7 Å². The van der Waals surface area contributed by atoms with E-state index in [4.69, 9.17) is 29.8 Å². The number of nitrogens with one attached hydrogen (secondary N) is 2. The molecule has 11 heteroatoms. The van der Waals surface area contributed by atoms with Crippen molar-refractivity contribution in [3.63, 3.8) is 0 Å². The zero-order valence-corrected chi connectivity index (χ0v) is 18.8. The van der Waals surface area contributed by atoms with E-state index in [1.807, 2.05) is 0 Å². The minimum absolute atomic E-state index is 0.0392. The van der Waals surface area contributed by atoms with Gasteiger partial charge in [0, 0.05) is 53.8 Å². The number of benzene rings is 1. The van der Waals surface area contributed by atoms with Crippen molar-refractivity contribution in [3.8, 4) is 22.4 Å². The smallest absolute Gasteiger partial charge is 0.251 e. The molecule has 3 heterocycles. The maximum atomic E-state index is 15.0. The van der Waals surface area contributed by atoms with E-state index in [9.17, 15) is 9.18 Å². The molecule has 0 aliphatic heterocycles. The number of pyridine rings is 1. The van der Waals surface area contributed by atoms with E-state index in [2.05, 4.69) is 25.3 Å². The highest BCUT2D eigenvalue weighted by molar-refractivity contribution is 6.33. The first kappa shape index (κ1) is 21.1. The van der Waals surface area contributed by atoms with E-state index in [-0.39, 0.29) is 44.1 Å². The first-order valence-corrected chi connectivity index (χ1v) is 11.1. The number of imidazole rings is 1. The van der Waals surface area contributed by atoms with Crippen LogP contribution in [0.25, 0.3) is 32.9 Å². The van der Waals surface area contributed by atoms with Crippen LogP contribution in [0.1, 0.15) is 29.6 Å². The normalized spacial score (nSPS) is 22.7. The Hall–Kier alpha value is -3.48. The van der Waals surface area contributed by atoms with Gasteiger partial charge in [-0.3, -0.25) is 14.3 Å². The number of rotatable bonds is 4. The highest BCUT2D eigenvalue weighted by Crippen LogP contribution is 2.63. The van der Waals surface area contributed by atoms with Crippen LogP contribution in [0.2, 0.25) is 10.3 Å². The van der Waals surface area contributed by atoms with Crippen LogP contribution >= 0.6 is 23.2 Å². The molecule has 0 atom stereocenters. The number of carbonyl (C=O) groups is 1. The fourth-order valence-electron chi connectivity index (χ4n) is 5.10. The predicted octanol–water partition coefficient (Wildman–Crippen LogP) is 5.30. The number of aromatic nitrogens is 4. The molecule has 0 spiro atoms. The minimum Gasteiger partial charge on any atom is -0.346 e. The van der Waals surface area contributed by atoms with Crippen LogP contribution in [-0.2, 0) is 0 Å². The minimum atomic E-state index is -0.868. The van der Waals surface area contributed by atoms with E-state index in [0.29, 0.717) is 36.0 Å². The second-order valence-corrected chi connectivity index (χ2v) is 9.64. The van der Waals surface area contributed by atoms with Gasteiger partial charge in [0.1, 0.15) is 33.3 Å². The molecule has 1 aromatic carbocycles. The third kappa shape index (κ3) is 2.95. The van der Waals surface area contributed by atoms with Crippen molar-refractivity contribution in [1.29, 1.82) is 0 Å². The van der Waals surface area contributed by atoms with Gasteiger partial charge < -0.3 is 10.2 Å². The summed E-state index contributed by atoms with van der Waals surface area (Å²) in [5, 5.41) is 9.58. The van der Waals surface area contributed by atoms with E-state index in [1.165, 1.54) is 10.6 Å². The van der Waals surface area contributed by atoms with Crippen LogP contribution in [-0.4, -0.2) is 36.6 Å². The maximum Gasteiger partial charge on any atom is 0.251 e. The highest BCUT2D eigenvalue weighted by atomic mass is 35.5. The Morgan fingerprint density at radius 2 is 1.97 bits per heavy atom. The van der Waals surface area contributed by atoms with Gasteiger partial charge in [0.25, 0.3) is 5.91 Å². The summed E-state index contributed by atoms with van der Waals surface area (Å²) < 4.78 is 30.6. The molecule has 3 fully saturated rings. The molecule has 1 amide bonds. The Labute approximate surface area is 201 Å². The molecule has 3 aliphatic carbocycles. The van der Waals surface area contributed by atoms with Gasteiger partial charge in [0.2, 0.25) is 5.54 Å². The second-order valence-electron chi connectivity index (χ2n) is 8.90. The summed E-state index contributed by atoms with van der Waals surface area (Å²) in [5.74, 6) is -1.94. The van der Waals surface area contributed by atoms with Crippen LogP contribution in [0, 0.1) is 18.2 Å². The van der Waals surface area contributed by atoms with Crippen LogP contribution in [0.3, 0.4) is 0 Å². The number of nitrogens with zero attached hydrogens (tertiary/aromatic N) is 4. The Bertz CT molecular complexity index is 1550. The SMILES string of the molecule is [C-]#[N+]C12CC(NC(=O)c3ccn4c(Cl)c(-c5c(F)cc(F)cc5-c5cn[nH]c5Cl)nc4c3)(C1)C2. The van der Waals surface area contributed by atoms with Crippen molar-refractivity contribution >= 4 is 34.8 Å². The third-order valence-electron chi connectivity index (χ3n) is 6.62. The first-order chi connectivity index (χ1) is 16.2. The standard InChI is InChI=1S/C23H14Cl2F2N6O/c1-28-22-8-23(9-22,10-22)31-21(34)11-2-3-33-16(4-11)30-18(20(33)25)17-13(5-12(26)6-15(17)27)14-7-29-32-19(14)24/h2-7H,8-10H2,(H,29,32)(H,31,34). The molecule has 3 aliphatic rings. The molecule has 0 unspecified atom stereocenters. The lowest BCUT2D eigenvalue weighted by molar-refractivity contribution is -0.0445. The average Bonchev–Trinajstić information content (AvgIpc) is 3.31. The fourth-order valence-corrected chi connectivity index (χ4v) is 5.58. The molecule has 34 heavy (non-hydrogen) atoms. The van der Waals surface area contributed by atoms with E-state index >= 15 is 4.39 Å². The highest BCUT2D eigenvalue weighted by Gasteiger charge is 2.75. The molecule has 0 radical (unpaired) electrons. The zero-order valence-electron chi connectivity index (χ0n) is 17.3. The summed E-state index contributed by atoms with van der Waals surface area (Å²) in [5.41, 5.74) is 0.538. The van der Waals surface area contributed by atoms with Crippen molar-refractivity contribution in [1.82, 2.24) is 24.9 Å². The molecule has 2 N–H and O–H groups in total. The predicted molar refractivity (Wildman–Crippen MR) is 122 cm³/mol. The van der Waals surface area contributed by atoms with Gasteiger partial charge in [-0.25, -0.2) is 20.3 Å². The number of aromatic amines is 1. The monoisotopic (exact) mass is 498 g/mol. The molecule has 0 saturated heterocycles. The molecule has 7 nitrogen and oxygen atoms in total. The van der Waals surface area contributed by atoms with Gasteiger partial charge in [-0.2, -0.15) is 5.10 Å². The molecule has 170 valence electrons. The van der Waals surface area contributed by atoms with Crippen LogP contribution in [0.4, 0.5) is 8.78 Å². The summed E-state index contributed by atoms with van der Waals surface area (Å²) in [6, 6.07) is 5.01. The number of hydrogen-bond acceptors (Lipinski definition) is 3. The molecule has 4 aromatic rings. The average molecular weight is 499 g/mol. The Kier molecular flexibility index (Phi) is 4.35. The Morgan fingerprint density at radius 1 is 1.21 bits per heavy atom. The number of carbonyl (C=O) groups excluding carboxylic acids is 1. The number of hydrogen-bond donors (Lipinski definition) is 2. The van der Waals surface area contributed by atoms with Gasteiger partial charge in [-0.15, -0.1) is 0 Å². The lowest BCUT2D eigenvalue weighted by Crippen LogP contribution is -2.77. The van der Waals surface area contributed by atoms with Gasteiger partial charge in [0.15, 0.2) is 0 Å². The number of H-pyrrole nitrogens is 1. The van der Waals surface area contributed by atoms with E-state index < -0.39 is 11.6 Å². The van der Waals surface area contributed by atoms with Gasteiger partial charge in [-0.05, 0) is 18.2 Å².